The SMILES string of the molecule is O=P(O)(O)OCC1C[C@@H](OP(=O)(O)O)C(OP(=O)(O)O)CO1. The molecule has 0 spiro atoms. The van der Waals surface area contributed by atoms with Gasteiger partial charge in [0.2, 0.25) is 0 Å². The van der Waals surface area contributed by atoms with Crippen LogP contribution >= 0.6 is 23.5 Å². The van der Waals surface area contributed by atoms with Crippen molar-refractivity contribution < 1.29 is 61.4 Å². The first kappa shape index (κ1) is 20.3. The summed E-state index contributed by atoms with van der Waals surface area (Å²) >= 11 is 0. The number of hydrogen-bond donors (Lipinski definition) is 6. The Hall–Kier alpha value is 0.290. The van der Waals surface area contributed by atoms with Crippen LogP contribution in [0.25, 0.3) is 0 Å². The molecule has 1 saturated heterocycles. The molecule has 0 bridgehead atoms. The first-order chi connectivity index (χ1) is 9.75. The van der Waals surface area contributed by atoms with E-state index in [1.165, 1.54) is 0 Å². The van der Waals surface area contributed by atoms with Crippen LogP contribution in [0.2, 0.25) is 0 Å². The predicted molar refractivity (Wildman–Crippen MR) is 66.2 cm³/mol. The van der Waals surface area contributed by atoms with Gasteiger partial charge < -0.3 is 34.1 Å². The average Bonchev–Trinajstić information content (AvgIpc) is 2.24. The lowest BCUT2D eigenvalue weighted by Gasteiger charge is -2.35. The zero-order valence-electron chi connectivity index (χ0n) is 10.7. The molecule has 1 aliphatic rings. The molecule has 1 rings (SSSR count). The van der Waals surface area contributed by atoms with Crippen molar-refractivity contribution in [2.45, 2.75) is 24.7 Å². The first-order valence-electron chi connectivity index (χ1n) is 5.55. The number of phosphoric acid groups is 3. The Morgan fingerprint density at radius 3 is 1.82 bits per heavy atom. The lowest BCUT2D eigenvalue weighted by atomic mass is 10.0. The molecule has 1 aliphatic heterocycles. The van der Waals surface area contributed by atoms with Crippen LogP contribution in [0.4, 0.5) is 0 Å². The summed E-state index contributed by atoms with van der Waals surface area (Å²) in [7, 11) is -14.7. The molecule has 6 N–H and O–H groups in total. The van der Waals surface area contributed by atoms with Crippen molar-refractivity contribution in [3.63, 3.8) is 0 Å². The van der Waals surface area contributed by atoms with Gasteiger partial charge >= 0.3 is 23.5 Å². The van der Waals surface area contributed by atoms with Gasteiger partial charge in [-0.05, 0) is 0 Å². The van der Waals surface area contributed by atoms with Crippen LogP contribution in [0.15, 0.2) is 0 Å². The Balaban J connectivity index is 2.73. The topological polar surface area (TPSA) is 210 Å². The molecule has 2 unspecified atom stereocenters. The van der Waals surface area contributed by atoms with Crippen molar-refractivity contribution in [3.05, 3.63) is 0 Å². The van der Waals surface area contributed by atoms with Gasteiger partial charge in [0.05, 0.1) is 19.3 Å². The van der Waals surface area contributed by atoms with Crippen LogP contribution < -0.4 is 0 Å². The van der Waals surface area contributed by atoms with Crippen molar-refractivity contribution in [2.24, 2.45) is 0 Å². The van der Waals surface area contributed by atoms with Gasteiger partial charge in [0.15, 0.2) is 0 Å². The molecular weight excluding hydrogens is 373 g/mol. The maximum absolute atomic E-state index is 10.9. The largest absolute Gasteiger partial charge is 0.470 e. The minimum atomic E-state index is -5.00. The van der Waals surface area contributed by atoms with E-state index in [0.717, 1.165) is 0 Å². The summed E-state index contributed by atoms with van der Waals surface area (Å²) in [4.78, 5) is 52.1. The molecule has 0 amide bonds. The van der Waals surface area contributed by atoms with Gasteiger partial charge in [0.1, 0.15) is 12.2 Å². The molecule has 0 aromatic carbocycles. The molecule has 1 fully saturated rings. The summed E-state index contributed by atoms with van der Waals surface area (Å²) in [5.41, 5.74) is 0. The van der Waals surface area contributed by atoms with Crippen LogP contribution in [0.3, 0.4) is 0 Å². The summed E-state index contributed by atoms with van der Waals surface area (Å²) in [5, 5.41) is 0. The number of hydrogen-bond acceptors (Lipinski definition) is 7. The second kappa shape index (κ2) is 7.45. The second-order valence-corrected chi connectivity index (χ2v) is 7.87. The standard InChI is InChI=1S/C6H15O13P3/c7-20(8,9)17-2-4-1-5(18-21(10,11)12)6(3-16-4)19-22(13,14)15/h4-6H,1-3H2,(H2,7,8,9)(H2,10,11,12)(H2,13,14,15)/t4?,5-,6?/m1/s1. The van der Waals surface area contributed by atoms with Crippen LogP contribution in [-0.2, 0) is 32.0 Å². The summed E-state index contributed by atoms with van der Waals surface area (Å²) in [5.74, 6) is 0. The van der Waals surface area contributed by atoms with Gasteiger partial charge in [0.25, 0.3) is 0 Å². The third-order valence-corrected chi connectivity index (χ3v) is 3.96. The molecule has 13 nitrogen and oxygen atoms in total. The summed E-state index contributed by atoms with van der Waals surface area (Å²) < 4.78 is 50.1. The van der Waals surface area contributed by atoms with E-state index in [1.54, 1.807) is 0 Å². The first-order valence-corrected chi connectivity index (χ1v) is 10.1. The van der Waals surface area contributed by atoms with E-state index in [9.17, 15) is 13.7 Å². The molecule has 0 saturated carbocycles. The molecule has 132 valence electrons. The zero-order valence-corrected chi connectivity index (χ0v) is 13.4. The summed E-state index contributed by atoms with van der Waals surface area (Å²) in [6, 6.07) is 0. The predicted octanol–water partition coefficient (Wildman–Crippen LogP) is -1.16. The van der Waals surface area contributed by atoms with E-state index in [-0.39, 0.29) is 6.42 Å². The Kier molecular flexibility index (Phi) is 6.89. The number of phosphoric ester groups is 3. The van der Waals surface area contributed by atoms with Crippen molar-refractivity contribution in [1.29, 1.82) is 0 Å². The van der Waals surface area contributed by atoms with Crippen molar-refractivity contribution >= 4 is 23.5 Å². The Morgan fingerprint density at radius 1 is 0.864 bits per heavy atom. The van der Waals surface area contributed by atoms with E-state index < -0.39 is 55.0 Å². The van der Waals surface area contributed by atoms with E-state index in [1.807, 2.05) is 0 Å². The Labute approximate surface area is 123 Å². The molecule has 3 atom stereocenters. The van der Waals surface area contributed by atoms with Crippen LogP contribution in [0, 0.1) is 0 Å². The zero-order chi connectivity index (χ0) is 17.2. The molecule has 16 heteroatoms. The molecule has 22 heavy (non-hydrogen) atoms. The minimum Gasteiger partial charge on any atom is -0.373 e. The van der Waals surface area contributed by atoms with E-state index >= 15 is 0 Å². The molecule has 0 aromatic rings. The van der Waals surface area contributed by atoms with Gasteiger partial charge in [-0.15, -0.1) is 0 Å². The second-order valence-electron chi connectivity index (χ2n) is 4.25. The van der Waals surface area contributed by atoms with Gasteiger partial charge in [-0.3, -0.25) is 13.6 Å². The van der Waals surface area contributed by atoms with Gasteiger partial charge in [-0.2, -0.15) is 0 Å². The molecular formula is C6H15O13P3. The van der Waals surface area contributed by atoms with E-state index in [4.69, 9.17) is 34.1 Å². The highest BCUT2D eigenvalue weighted by Crippen LogP contribution is 2.45. The third-order valence-electron chi connectivity index (χ3n) is 2.38. The monoisotopic (exact) mass is 388 g/mol. The summed E-state index contributed by atoms with van der Waals surface area (Å²) in [6.07, 6.45) is -4.37. The van der Waals surface area contributed by atoms with E-state index in [0.29, 0.717) is 0 Å². The van der Waals surface area contributed by atoms with Crippen molar-refractivity contribution in [1.82, 2.24) is 0 Å². The smallest absolute Gasteiger partial charge is 0.373 e. The van der Waals surface area contributed by atoms with Crippen molar-refractivity contribution in [2.75, 3.05) is 13.2 Å². The highest BCUT2D eigenvalue weighted by Gasteiger charge is 2.40. The molecule has 0 radical (unpaired) electrons. The van der Waals surface area contributed by atoms with Gasteiger partial charge in [-0.25, -0.2) is 13.7 Å². The van der Waals surface area contributed by atoms with Crippen LogP contribution in [0.1, 0.15) is 6.42 Å². The van der Waals surface area contributed by atoms with E-state index in [2.05, 4.69) is 13.6 Å². The minimum absolute atomic E-state index is 0.379. The Bertz CT molecular complexity index is 502. The van der Waals surface area contributed by atoms with Crippen LogP contribution in [0.5, 0.6) is 0 Å². The highest BCUT2D eigenvalue weighted by atomic mass is 31.2. The number of rotatable bonds is 7. The fourth-order valence-corrected chi connectivity index (χ4v) is 3.16. The van der Waals surface area contributed by atoms with Crippen LogP contribution in [-0.4, -0.2) is 60.9 Å². The van der Waals surface area contributed by atoms with Crippen molar-refractivity contribution in [3.8, 4) is 0 Å². The lowest BCUT2D eigenvalue weighted by molar-refractivity contribution is -0.123. The fraction of sp³-hybridized carbons (Fsp3) is 1.00. The average molecular weight is 388 g/mol. The Morgan fingerprint density at radius 2 is 1.36 bits per heavy atom. The van der Waals surface area contributed by atoms with Gasteiger partial charge in [-0.1, -0.05) is 0 Å². The fourth-order valence-electron chi connectivity index (χ4n) is 1.68. The summed E-state index contributed by atoms with van der Waals surface area (Å²) in [6.45, 7) is -1.15. The molecule has 1 heterocycles. The third kappa shape index (κ3) is 8.80. The van der Waals surface area contributed by atoms with Gasteiger partial charge in [0, 0.05) is 6.42 Å². The maximum atomic E-state index is 10.9. The maximum Gasteiger partial charge on any atom is 0.470 e. The highest BCUT2D eigenvalue weighted by molar-refractivity contribution is 7.46. The molecule has 0 aliphatic carbocycles. The molecule has 0 aromatic heterocycles. The normalized spacial score (nSPS) is 27.8. The number of ether oxygens (including phenoxy) is 1. The quantitative estimate of drug-likeness (QED) is 0.285. The lowest BCUT2D eigenvalue weighted by Crippen LogP contribution is -2.44.